The van der Waals surface area contributed by atoms with Crippen molar-refractivity contribution in [1.29, 1.82) is 0 Å². The van der Waals surface area contributed by atoms with Crippen LogP contribution in [0.15, 0.2) is 41.6 Å². The van der Waals surface area contributed by atoms with Gasteiger partial charge in [-0.25, -0.2) is 4.79 Å². The molecular weight excluding hydrogens is 250 g/mol. The lowest BCUT2D eigenvalue weighted by atomic mass is 10.2. The molecule has 2 rings (SSSR count). The summed E-state index contributed by atoms with van der Waals surface area (Å²) in [6.45, 7) is 0. The van der Waals surface area contributed by atoms with E-state index < -0.39 is 6.09 Å². The second kappa shape index (κ2) is 5.59. The van der Waals surface area contributed by atoms with Crippen LogP contribution in [0.5, 0.6) is 5.75 Å². The number of nitrogens with two attached hydrogens (primary N) is 1. The standard InChI is InChI=1S/C12H13N3O2S/c1-15-11(10(7-14-15)17-12(13)16)18-8-9-5-3-2-4-6-9/h2-7H,8H2,1H3,(H2,13,16). The molecule has 0 fully saturated rings. The summed E-state index contributed by atoms with van der Waals surface area (Å²) in [5.74, 6) is 1.17. The molecule has 0 saturated carbocycles. The molecule has 1 heterocycles. The van der Waals surface area contributed by atoms with Crippen molar-refractivity contribution in [2.45, 2.75) is 10.8 Å². The molecule has 0 atom stereocenters. The Morgan fingerprint density at radius 1 is 1.44 bits per heavy atom. The van der Waals surface area contributed by atoms with Gasteiger partial charge in [0, 0.05) is 12.8 Å². The second-order valence-corrected chi connectivity index (χ2v) is 4.60. The lowest BCUT2D eigenvalue weighted by Gasteiger charge is -2.05. The smallest absolute Gasteiger partial charge is 0.406 e. The lowest BCUT2D eigenvalue weighted by Crippen LogP contribution is -2.16. The van der Waals surface area contributed by atoms with E-state index in [-0.39, 0.29) is 0 Å². The topological polar surface area (TPSA) is 70.1 Å². The van der Waals surface area contributed by atoms with Gasteiger partial charge in [0.25, 0.3) is 0 Å². The number of aryl methyl sites for hydroxylation is 1. The highest BCUT2D eigenvalue weighted by Gasteiger charge is 2.12. The molecule has 0 unspecified atom stereocenters. The summed E-state index contributed by atoms with van der Waals surface area (Å²) < 4.78 is 6.55. The maximum atomic E-state index is 10.8. The van der Waals surface area contributed by atoms with E-state index in [2.05, 4.69) is 5.10 Å². The molecule has 0 saturated heterocycles. The van der Waals surface area contributed by atoms with Crippen LogP contribution >= 0.6 is 11.8 Å². The normalized spacial score (nSPS) is 10.3. The second-order valence-electron chi connectivity index (χ2n) is 3.63. The summed E-state index contributed by atoms with van der Waals surface area (Å²) >= 11 is 1.54. The largest absolute Gasteiger partial charge is 0.410 e. The first-order chi connectivity index (χ1) is 8.66. The van der Waals surface area contributed by atoms with Crippen molar-refractivity contribution >= 4 is 17.9 Å². The predicted molar refractivity (Wildman–Crippen MR) is 69.4 cm³/mol. The van der Waals surface area contributed by atoms with E-state index in [4.69, 9.17) is 10.5 Å². The van der Waals surface area contributed by atoms with Crippen LogP contribution in [-0.4, -0.2) is 15.9 Å². The van der Waals surface area contributed by atoms with Crippen LogP contribution in [0.2, 0.25) is 0 Å². The summed E-state index contributed by atoms with van der Waals surface area (Å²) in [6.07, 6.45) is 0.655. The molecule has 0 aliphatic carbocycles. The maximum absolute atomic E-state index is 10.8. The minimum absolute atomic E-state index is 0.394. The fourth-order valence-electron chi connectivity index (χ4n) is 1.48. The highest BCUT2D eigenvalue weighted by Crippen LogP contribution is 2.30. The zero-order valence-corrected chi connectivity index (χ0v) is 10.7. The zero-order chi connectivity index (χ0) is 13.0. The molecule has 18 heavy (non-hydrogen) atoms. The fourth-order valence-corrected chi connectivity index (χ4v) is 2.44. The van der Waals surface area contributed by atoms with Gasteiger partial charge in [-0.1, -0.05) is 42.1 Å². The predicted octanol–water partition coefficient (Wildman–Crippen LogP) is 2.17. The number of amides is 1. The third kappa shape index (κ3) is 3.04. The number of carbonyl (C=O) groups is 1. The van der Waals surface area contributed by atoms with Crippen LogP contribution in [0.1, 0.15) is 5.56 Å². The molecule has 1 aromatic carbocycles. The summed E-state index contributed by atoms with van der Waals surface area (Å²) in [4.78, 5) is 10.8. The first-order valence-electron chi connectivity index (χ1n) is 5.33. The quantitative estimate of drug-likeness (QED) is 0.858. The number of thioether (sulfide) groups is 1. The molecular formula is C12H13N3O2S. The average molecular weight is 263 g/mol. The van der Waals surface area contributed by atoms with Gasteiger partial charge >= 0.3 is 6.09 Å². The molecule has 1 aromatic heterocycles. The number of ether oxygens (including phenoxy) is 1. The molecule has 0 aliphatic heterocycles. The third-order valence-corrected chi connectivity index (χ3v) is 3.50. The molecule has 0 bridgehead atoms. The van der Waals surface area contributed by atoms with Crippen molar-refractivity contribution in [3.8, 4) is 5.75 Å². The van der Waals surface area contributed by atoms with Gasteiger partial charge in [0.2, 0.25) is 0 Å². The first kappa shape index (κ1) is 12.5. The molecule has 2 aromatic rings. The molecule has 0 aliphatic rings. The summed E-state index contributed by atoms with van der Waals surface area (Å²) in [5.41, 5.74) is 6.19. The van der Waals surface area contributed by atoms with Gasteiger partial charge in [-0.05, 0) is 5.56 Å². The van der Waals surface area contributed by atoms with E-state index >= 15 is 0 Å². The monoisotopic (exact) mass is 263 g/mol. The van der Waals surface area contributed by atoms with E-state index in [1.54, 1.807) is 23.5 Å². The number of nitrogens with zero attached hydrogens (tertiary/aromatic N) is 2. The number of hydrogen-bond acceptors (Lipinski definition) is 4. The maximum Gasteiger partial charge on any atom is 0.410 e. The van der Waals surface area contributed by atoms with E-state index in [1.807, 2.05) is 30.3 Å². The van der Waals surface area contributed by atoms with Crippen molar-refractivity contribution in [1.82, 2.24) is 9.78 Å². The van der Waals surface area contributed by atoms with E-state index in [0.717, 1.165) is 10.8 Å². The number of aromatic nitrogens is 2. The Morgan fingerprint density at radius 2 is 2.17 bits per heavy atom. The first-order valence-corrected chi connectivity index (χ1v) is 6.31. The lowest BCUT2D eigenvalue weighted by molar-refractivity contribution is 0.209. The molecule has 6 heteroatoms. The van der Waals surface area contributed by atoms with E-state index in [9.17, 15) is 4.79 Å². The minimum atomic E-state index is -0.829. The molecule has 94 valence electrons. The van der Waals surface area contributed by atoms with Gasteiger partial charge in [0.05, 0.1) is 6.20 Å². The number of primary amides is 1. The molecule has 1 amide bonds. The van der Waals surface area contributed by atoms with Crippen molar-refractivity contribution in [2.24, 2.45) is 12.8 Å². The van der Waals surface area contributed by atoms with Crippen molar-refractivity contribution in [2.75, 3.05) is 0 Å². The number of rotatable bonds is 4. The van der Waals surface area contributed by atoms with Gasteiger partial charge in [-0.2, -0.15) is 5.10 Å². The Hall–Kier alpha value is -1.95. The Balaban J connectivity index is 2.09. The molecule has 5 nitrogen and oxygen atoms in total. The summed E-state index contributed by atoms with van der Waals surface area (Å²) in [7, 11) is 1.79. The van der Waals surface area contributed by atoms with Crippen molar-refractivity contribution in [3.63, 3.8) is 0 Å². The molecule has 0 spiro atoms. The highest BCUT2D eigenvalue weighted by molar-refractivity contribution is 7.98. The Bertz CT molecular complexity index is 540. The summed E-state index contributed by atoms with van der Waals surface area (Å²) in [5, 5.41) is 4.82. The van der Waals surface area contributed by atoms with Crippen LogP contribution in [-0.2, 0) is 12.8 Å². The van der Waals surface area contributed by atoms with Crippen LogP contribution in [0.25, 0.3) is 0 Å². The van der Waals surface area contributed by atoms with Gasteiger partial charge in [-0.15, -0.1) is 0 Å². The van der Waals surface area contributed by atoms with Gasteiger partial charge in [0.15, 0.2) is 5.75 Å². The van der Waals surface area contributed by atoms with E-state index in [0.29, 0.717) is 5.75 Å². The molecule has 0 radical (unpaired) electrons. The SMILES string of the molecule is Cn1ncc(OC(N)=O)c1SCc1ccccc1. The Kier molecular flexibility index (Phi) is 3.88. The van der Waals surface area contributed by atoms with Gasteiger partial charge in [-0.3, -0.25) is 4.68 Å². The number of carbonyl (C=O) groups excluding carboxylic acids is 1. The van der Waals surface area contributed by atoms with Crippen LogP contribution in [0.4, 0.5) is 4.79 Å². The highest BCUT2D eigenvalue weighted by atomic mass is 32.2. The van der Waals surface area contributed by atoms with Crippen molar-refractivity contribution in [3.05, 3.63) is 42.1 Å². The van der Waals surface area contributed by atoms with Crippen LogP contribution in [0.3, 0.4) is 0 Å². The Morgan fingerprint density at radius 3 is 2.83 bits per heavy atom. The van der Waals surface area contributed by atoms with Crippen molar-refractivity contribution < 1.29 is 9.53 Å². The zero-order valence-electron chi connectivity index (χ0n) is 9.87. The van der Waals surface area contributed by atoms with E-state index in [1.165, 1.54) is 11.8 Å². The average Bonchev–Trinajstić information content (AvgIpc) is 2.68. The third-order valence-electron chi connectivity index (χ3n) is 2.28. The fraction of sp³-hybridized carbons (Fsp3) is 0.167. The number of hydrogen-bond donors (Lipinski definition) is 1. The minimum Gasteiger partial charge on any atom is -0.406 e. The summed E-state index contributed by atoms with van der Waals surface area (Å²) in [6, 6.07) is 10.0. The van der Waals surface area contributed by atoms with Crippen LogP contribution < -0.4 is 10.5 Å². The number of benzene rings is 1. The van der Waals surface area contributed by atoms with Gasteiger partial charge in [0.1, 0.15) is 5.03 Å². The Labute approximate surface area is 109 Å². The molecule has 2 N–H and O–H groups in total. The van der Waals surface area contributed by atoms with Gasteiger partial charge < -0.3 is 10.5 Å². The van der Waals surface area contributed by atoms with Crippen LogP contribution in [0, 0.1) is 0 Å².